The smallest absolute Gasteiger partial charge is 0.306 e. The second-order valence-corrected chi connectivity index (χ2v) is 6.82. The predicted molar refractivity (Wildman–Crippen MR) is 58.5 cm³/mol. The quantitative estimate of drug-likeness (QED) is 0.795. The van der Waals surface area contributed by atoms with Gasteiger partial charge >= 0.3 is 5.97 Å². The van der Waals surface area contributed by atoms with Crippen LogP contribution in [0.2, 0.25) is 0 Å². The largest absolute Gasteiger partial charge is 0.481 e. The summed E-state index contributed by atoms with van der Waals surface area (Å²) in [6.45, 7) is 1.28. The van der Waals surface area contributed by atoms with Gasteiger partial charge in [-0.2, -0.15) is 0 Å². The lowest BCUT2D eigenvalue weighted by atomic mass is 9.89. The van der Waals surface area contributed by atoms with E-state index in [-0.39, 0.29) is 11.2 Å². The molecule has 2 fully saturated rings. The van der Waals surface area contributed by atoms with E-state index in [2.05, 4.69) is 0 Å². The van der Waals surface area contributed by atoms with Gasteiger partial charge in [0.1, 0.15) is 0 Å². The van der Waals surface area contributed by atoms with Crippen molar-refractivity contribution in [2.75, 3.05) is 13.1 Å². The Labute approximate surface area is 95.5 Å². The first kappa shape index (κ1) is 11.9. The molecule has 1 aliphatic carbocycles. The number of rotatable bonds is 3. The van der Waals surface area contributed by atoms with Gasteiger partial charge in [0.15, 0.2) is 0 Å². The van der Waals surface area contributed by atoms with E-state index in [9.17, 15) is 13.2 Å². The van der Waals surface area contributed by atoms with Crippen LogP contribution in [0.5, 0.6) is 0 Å². The van der Waals surface area contributed by atoms with Gasteiger partial charge < -0.3 is 5.11 Å². The molecule has 0 amide bonds. The highest BCUT2D eigenvalue weighted by Gasteiger charge is 2.38. The van der Waals surface area contributed by atoms with E-state index in [0.717, 1.165) is 6.42 Å². The number of sulfonamides is 1. The average Bonchev–Trinajstić information content (AvgIpc) is 2.14. The summed E-state index contributed by atoms with van der Waals surface area (Å²) in [5, 5.41) is 8.49. The maximum Gasteiger partial charge on any atom is 0.306 e. The summed E-state index contributed by atoms with van der Waals surface area (Å²) >= 11 is 0. The molecule has 1 saturated heterocycles. The van der Waals surface area contributed by atoms with Gasteiger partial charge in [0, 0.05) is 13.1 Å². The van der Waals surface area contributed by atoms with Crippen LogP contribution in [-0.4, -0.2) is 42.1 Å². The molecular weight excluding hydrogens is 230 g/mol. The van der Waals surface area contributed by atoms with E-state index >= 15 is 0 Å². The highest BCUT2D eigenvalue weighted by atomic mass is 32.2. The fourth-order valence-electron chi connectivity index (χ4n) is 2.36. The molecule has 2 rings (SSSR count). The minimum Gasteiger partial charge on any atom is -0.481 e. The van der Waals surface area contributed by atoms with Crippen molar-refractivity contribution in [3.05, 3.63) is 0 Å². The Bertz CT molecular complexity index is 366. The van der Waals surface area contributed by atoms with Crippen molar-refractivity contribution in [2.24, 2.45) is 5.92 Å². The van der Waals surface area contributed by atoms with Crippen LogP contribution in [0.3, 0.4) is 0 Å². The lowest BCUT2D eigenvalue weighted by molar-refractivity contribution is -0.142. The monoisotopic (exact) mass is 247 g/mol. The van der Waals surface area contributed by atoms with Gasteiger partial charge in [-0.15, -0.1) is 0 Å². The fourth-order valence-corrected chi connectivity index (χ4v) is 4.42. The third-order valence-corrected chi connectivity index (χ3v) is 6.02. The van der Waals surface area contributed by atoms with Crippen LogP contribution in [-0.2, 0) is 14.8 Å². The minimum atomic E-state index is -3.13. The SMILES string of the molecule is O=C(O)C1CCC(S(=O)(=O)N2CCC2)CC1. The third kappa shape index (κ3) is 2.08. The second-order valence-electron chi connectivity index (χ2n) is 4.61. The number of carboxylic acids is 1. The first-order valence-electron chi connectivity index (χ1n) is 5.73. The van der Waals surface area contributed by atoms with Gasteiger partial charge in [0.05, 0.1) is 11.2 Å². The van der Waals surface area contributed by atoms with Crippen molar-refractivity contribution >= 4 is 16.0 Å². The molecule has 92 valence electrons. The molecule has 1 saturated carbocycles. The van der Waals surface area contributed by atoms with E-state index in [4.69, 9.17) is 5.11 Å². The molecule has 1 aliphatic heterocycles. The molecule has 0 atom stereocenters. The van der Waals surface area contributed by atoms with Crippen LogP contribution in [0.4, 0.5) is 0 Å². The van der Waals surface area contributed by atoms with Gasteiger partial charge in [-0.25, -0.2) is 12.7 Å². The van der Waals surface area contributed by atoms with Crippen molar-refractivity contribution in [3.8, 4) is 0 Å². The molecule has 6 heteroatoms. The first-order valence-corrected chi connectivity index (χ1v) is 7.24. The molecule has 0 aromatic heterocycles. The topological polar surface area (TPSA) is 74.7 Å². The normalized spacial score (nSPS) is 32.0. The van der Waals surface area contributed by atoms with Crippen LogP contribution in [0.25, 0.3) is 0 Å². The highest BCUT2D eigenvalue weighted by molar-refractivity contribution is 7.89. The molecule has 0 radical (unpaired) electrons. The second kappa shape index (κ2) is 4.33. The molecule has 0 bridgehead atoms. The number of hydrogen-bond donors (Lipinski definition) is 1. The zero-order valence-corrected chi connectivity index (χ0v) is 9.95. The van der Waals surface area contributed by atoms with Crippen molar-refractivity contribution in [1.82, 2.24) is 4.31 Å². The van der Waals surface area contributed by atoms with Crippen LogP contribution >= 0.6 is 0 Å². The lowest BCUT2D eigenvalue weighted by Crippen LogP contribution is -2.47. The molecule has 0 aromatic rings. The maximum atomic E-state index is 12.0. The Balaban J connectivity index is 1.95. The van der Waals surface area contributed by atoms with E-state index in [1.54, 1.807) is 0 Å². The highest BCUT2D eigenvalue weighted by Crippen LogP contribution is 2.31. The molecule has 0 unspecified atom stereocenters. The van der Waals surface area contributed by atoms with Gasteiger partial charge in [0.2, 0.25) is 10.0 Å². The molecule has 1 N–H and O–H groups in total. The van der Waals surface area contributed by atoms with Crippen LogP contribution < -0.4 is 0 Å². The standard InChI is InChI=1S/C10H17NO4S/c12-10(13)8-2-4-9(5-3-8)16(14,15)11-6-1-7-11/h8-9H,1-7H2,(H,12,13). The predicted octanol–water partition coefficient (Wildman–Crippen LogP) is 0.665. The molecule has 16 heavy (non-hydrogen) atoms. The summed E-state index contributed by atoms with van der Waals surface area (Å²) < 4.78 is 25.6. The third-order valence-electron chi connectivity index (χ3n) is 3.62. The fraction of sp³-hybridized carbons (Fsp3) is 0.900. The summed E-state index contributed by atoms with van der Waals surface area (Å²) in [4.78, 5) is 10.8. The van der Waals surface area contributed by atoms with Gasteiger partial charge in [-0.05, 0) is 32.1 Å². The number of carbonyl (C=O) groups is 1. The number of carboxylic acid groups (broad SMARTS) is 1. The van der Waals surface area contributed by atoms with Crippen molar-refractivity contribution in [1.29, 1.82) is 0 Å². The zero-order chi connectivity index (χ0) is 11.8. The Morgan fingerprint density at radius 1 is 1.12 bits per heavy atom. The Morgan fingerprint density at radius 3 is 2.06 bits per heavy atom. The summed E-state index contributed by atoms with van der Waals surface area (Å²) in [7, 11) is -3.13. The summed E-state index contributed by atoms with van der Waals surface area (Å²) in [5.41, 5.74) is 0. The van der Waals surface area contributed by atoms with Crippen LogP contribution in [0.15, 0.2) is 0 Å². The van der Waals surface area contributed by atoms with Crippen molar-refractivity contribution in [3.63, 3.8) is 0 Å². The molecule has 0 spiro atoms. The van der Waals surface area contributed by atoms with Crippen molar-refractivity contribution < 1.29 is 18.3 Å². The summed E-state index contributed by atoms with van der Waals surface area (Å²) in [6.07, 6.45) is 2.93. The Morgan fingerprint density at radius 2 is 1.69 bits per heavy atom. The number of nitrogens with zero attached hydrogens (tertiary/aromatic N) is 1. The molecule has 5 nitrogen and oxygen atoms in total. The van der Waals surface area contributed by atoms with Gasteiger partial charge in [-0.1, -0.05) is 0 Å². The molecule has 1 heterocycles. The Hall–Kier alpha value is -0.620. The van der Waals surface area contributed by atoms with E-state index in [1.807, 2.05) is 0 Å². The molecular formula is C10H17NO4S. The molecule has 0 aromatic carbocycles. The average molecular weight is 247 g/mol. The Kier molecular flexibility index (Phi) is 3.21. The van der Waals surface area contributed by atoms with Crippen molar-refractivity contribution in [2.45, 2.75) is 37.4 Å². The van der Waals surface area contributed by atoms with E-state index < -0.39 is 16.0 Å². The summed E-state index contributed by atoms with van der Waals surface area (Å²) in [5.74, 6) is -1.14. The van der Waals surface area contributed by atoms with Gasteiger partial charge in [-0.3, -0.25) is 4.79 Å². The number of aliphatic carboxylic acids is 1. The van der Waals surface area contributed by atoms with Crippen LogP contribution in [0.1, 0.15) is 32.1 Å². The minimum absolute atomic E-state index is 0.344. The molecule has 2 aliphatic rings. The van der Waals surface area contributed by atoms with E-state index in [1.165, 1.54) is 4.31 Å². The lowest BCUT2D eigenvalue weighted by Gasteiger charge is -2.35. The first-order chi connectivity index (χ1) is 7.51. The van der Waals surface area contributed by atoms with Crippen LogP contribution in [0, 0.1) is 5.92 Å². The maximum absolute atomic E-state index is 12.0. The van der Waals surface area contributed by atoms with E-state index in [0.29, 0.717) is 38.8 Å². The summed E-state index contributed by atoms with van der Waals surface area (Å²) in [6, 6.07) is 0. The zero-order valence-electron chi connectivity index (χ0n) is 9.13. The van der Waals surface area contributed by atoms with Gasteiger partial charge in [0.25, 0.3) is 0 Å². The number of hydrogen-bond acceptors (Lipinski definition) is 3.